The molecular weight excluding hydrogens is 144 g/mol. The van der Waals surface area contributed by atoms with Gasteiger partial charge in [-0.1, -0.05) is 39.3 Å². The second-order valence-corrected chi connectivity index (χ2v) is 5.23. The third kappa shape index (κ3) is 1.12. The fourth-order valence-corrected chi connectivity index (χ4v) is 2.94. The van der Waals surface area contributed by atoms with Gasteiger partial charge in [-0.3, -0.25) is 0 Å². The summed E-state index contributed by atoms with van der Waals surface area (Å²) in [6.45, 7) is 7.20. The summed E-state index contributed by atoms with van der Waals surface area (Å²) in [5, 5.41) is 0. The van der Waals surface area contributed by atoms with E-state index in [4.69, 9.17) is 0 Å². The zero-order valence-electron chi connectivity index (χ0n) is 8.51. The SMILES string of the molecule is CCC(C)(C)C1CC2C=CC1C2. The minimum absolute atomic E-state index is 0.574. The van der Waals surface area contributed by atoms with Crippen molar-refractivity contribution in [2.24, 2.45) is 23.2 Å². The highest BCUT2D eigenvalue weighted by molar-refractivity contribution is 5.12. The van der Waals surface area contributed by atoms with Crippen LogP contribution in [-0.4, -0.2) is 0 Å². The molecule has 0 amide bonds. The molecule has 3 atom stereocenters. The second-order valence-electron chi connectivity index (χ2n) is 5.23. The summed E-state index contributed by atoms with van der Waals surface area (Å²) in [6.07, 6.45) is 9.15. The molecule has 1 fully saturated rings. The van der Waals surface area contributed by atoms with Crippen LogP contribution >= 0.6 is 0 Å². The first-order valence-electron chi connectivity index (χ1n) is 5.32. The molecule has 0 aromatic carbocycles. The minimum atomic E-state index is 0.574. The van der Waals surface area contributed by atoms with Crippen molar-refractivity contribution in [1.82, 2.24) is 0 Å². The maximum absolute atomic E-state index is 2.47. The summed E-state index contributed by atoms with van der Waals surface area (Å²) in [7, 11) is 0. The average molecular weight is 164 g/mol. The highest BCUT2D eigenvalue weighted by Gasteiger charge is 2.42. The van der Waals surface area contributed by atoms with Crippen LogP contribution in [0.2, 0.25) is 0 Å². The molecule has 0 spiro atoms. The van der Waals surface area contributed by atoms with E-state index in [0.717, 1.165) is 17.8 Å². The topological polar surface area (TPSA) is 0 Å². The van der Waals surface area contributed by atoms with Gasteiger partial charge in [-0.05, 0) is 36.0 Å². The van der Waals surface area contributed by atoms with Crippen molar-refractivity contribution in [3.63, 3.8) is 0 Å². The zero-order valence-corrected chi connectivity index (χ0v) is 8.51. The smallest absolute Gasteiger partial charge is 0.0194 e. The molecule has 0 radical (unpaired) electrons. The normalized spacial score (nSPS) is 39.4. The van der Waals surface area contributed by atoms with Crippen molar-refractivity contribution in [3.8, 4) is 0 Å². The van der Waals surface area contributed by atoms with Crippen LogP contribution in [0.4, 0.5) is 0 Å². The Kier molecular flexibility index (Phi) is 1.82. The first kappa shape index (κ1) is 8.34. The zero-order chi connectivity index (χ0) is 8.77. The lowest BCUT2D eigenvalue weighted by molar-refractivity contribution is 0.173. The highest BCUT2D eigenvalue weighted by atomic mass is 14.5. The molecule has 12 heavy (non-hydrogen) atoms. The van der Waals surface area contributed by atoms with Crippen LogP contribution in [-0.2, 0) is 0 Å². The molecule has 3 unspecified atom stereocenters. The molecule has 0 heterocycles. The molecule has 0 saturated heterocycles. The number of hydrogen-bond acceptors (Lipinski definition) is 0. The fraction of sp³-hybridized carbons (Fsp3) is 0.833. The third-order valence-electron chi connectivity index (χ3n) is 4.19. The van der Waals surface area contributed by atoms with E-state index in [1.807, 2.05) is 0 Å². The molecule has 0 aromatic heterocycles. The molecule has 2 aliphatic rings. The summed E-state index contributed by atoms with van der Waals surface area (Å²) >= 11 is 0. The van der Waals surface area contributed by atoms with Crippen molar-refractivity contribution < 1.29 is 0 Å². The molecule has 0 aromatic rings. The average Bonchev–Trinajstić information content (AvgIpc) is 2.64. The van der Waals surface area contributed by atoms with E-state index in [0.29, 0.717) is 5.41 Å². The van der Waals surface area contributed by atoms with Crippen molar-refractivity contribution in [1.29, 1.82) is 0 Å². The van der Waals surface area contributed by atoms with Gasteiger partial charge >= 0.3 is 0 Å². The van der Waals surface area contributed by atoms with Crippen LogP contribution in [0.5, 0.6) is 0 Å². The maximum atomic E-state index is 2.47. The summed E-state index contributed by atoms with van der Waals surface area (Å²) in [5.74, 6) is 2.83. The Balaban J connectivity index is 2.12. The van der Waals surface area contributed by atoms with Crippen molar-refractivity contribution in [2.75, 3.05) is 0 Å². The largest absolute Gasteiger partial charge is 0.0851 e. The monoisotopic (exact) mass is 164 g/mol. The van der Waals surface area contributed by atoms with E-state index in [-0.39, 0.29) is 0 Å². The lowest BCUT2D eigenvalue weighted by Gasteiger charge is -2.34. The Morgan fingerprint density at radius 2 is 2.00 bits per heavy atom. The van der Waals surface area contributed by atoms with Crippen LogP contribution in [0, 0.1) is 23.2 Å². The fourth-order valence-electron chi connectivity index (χ4n) is 2.94. The first-order chi connectivity index (χ1) is 5.63. The van der Waals surface area contributed by atoms with E-state index in [2.05, 4.69) is 32.9 Å². The summed E-state index contributed by atoms with van der Waals surface area (Å²) in [4.78, 5) is 0. The molecule has 0 aliphatic heterocycles. The number of hydrogen-bond donors (Lipinski definition) is 0. The summed E-state index contributed by atoms with van der Waals surface area (Å²) in [5.41, 5.74) is 0.574. The van der Waals surface area contributed by atoms with Crippen LogP contribution in [0.1, 0.15) is 40.0 Å². The molecule has 68 valence electrons. The van der Waals surface area contributed by atoms with Crippen LogP contribution in [0.15, 0.2) is 12.2 Å². The predicted molar refractivity (Wildman–Crippen MR) is 52.9 cm³/mol. The third-order valence-corrected chi connectivity index (χ3v) is 4.19. The molecule has 2 rings (SSSR count). The van der Waals surface area contributed by atoms with E-state index in [9.17, 15) is 0 Å². The minimum Gasteiger partial charge on any atom is -0.0851 e. The van der Waals surface area contributed by atoms with Gasteiger partial charge in [-0.25, -0.2) is 0 Å². The van der Waals surface area contributed by atoms with Crippen molar-refractivity contribution >= 4 is 0 Å². The molecule has 1 saturated carbocycles. The Morgan fingerprint density at radius 1 is 1.25 bits per heavy atom. The van der Waals surface area contributed by atoms with Crippen LogP contribution in [0.3, 0.4) is 0 Å². The molecule has 2 bridgehead atoms. The van der Waals surface area contributed by atoms with Gasteiger partial charge in [-0.2, -0.15) is 0 Å². The Labute approximate surface area is 76.1 Å². The van der Waals surface area contributed by atoms with Gasteiger partial charge in [0.2, 0.25) is 0 Å². The standard InChI is InChI=1S/C12H20/c1-4-12(2,3)11-8-9-5-6-10(11)7-9/h5-6,9-11H,4,7-8H2,1-3H3. The summed E-state index contributed by atoms with van der Waals surface area (Å²) < 4.78 is 0. The van der Waals surface area contributed by atoms with Crippen LogP contribution < -0.4 is 0 Å². The number of rotatable bonds is 2. The van der Waals surface area contributed by atoms with E-state index >= 15 is 0 Å². The maximum Gasteiger partial charge on any atom is -0.0194 e. The van der Waals surface area contributed by atoms with E-state index in [1.165, 1.54) is 19.3 Å². The number of allylic oxidation sites excluding steroid dienone is 2. The Hall–Kier alpha value is -0.260. The van der Waals surface area contributed by atoms with Crippen molar-refractivity contribution in [2.45, 2.75) is 40.0 Å². The lowest BCUT2D eigenvalue weighted by Crippen LogP contribution is -2.26. The van der Waals surface area contributed by atoms with Gasteiger partial charge in [0.25, 0.3) is 0 Å². The van der Waals surface area contributed by atoms with Gasteiger partial charge in [-0.15, -0.1) is 0 Å². The molecule has 0 heteroatoms. The van der Waals surface area contributed by atoms with Gasteiger partial charge in [0, 0.05) is 0 Å². The summed E-state index contributed by atoms with van der Waals surface area (Å²) in [6, 6.07) is 0. The van der Waals surface area contributed by atoms with Gasteiger partial charge in [0.05, 0.1) is 0 Å². The van der Waals surface area contributed by atoms with E-state index < -0.39 is 0 Å². The number of fused-ring (bicyclic) bond motifs is 2. The van der Waals surface area contributed by atoms with Gasteiger partial charge < -0.3 is 0 Å². The predicted octanol–water partition coefficient (Wildman–Crippen LogP) is 3.63. The molecule has 0 N–H and O–H groups in total. The molecule has 2 aliphatic carbocycles. The quantitative estimate of drug-likeness (QED) is 0.547. The van der Waals surface area contributed by atoms with Gasteiger partial charge in [0.15, 0.2) is 0 Å². The van der Waals surface area contributed by atoms with Crippen molar-refractivity contribution in [3.05, 3.63) is 12.2 Å². The highest BCUT2D eigenvalue weighted by Crippen LogP contribution is 2.52. The van der Waals surface area contributed by atoms with Gasteiger partial charge in [0.1, 0.15) is 0 Å². The molecular formula is C12H20. The Morgan fingerprint density at radius 3 is 2.42 bits per heavy atom. The molecule has 0 nitrogen and oxygen atoms in total. The Bertz CT molecular complexity index is 200. The lowest BCUT2D eigenvalue weighted by atomic mass is 9.70. The van der Waals surface area contributed by atoms with Crippen LogP contribution in [0.25, 0.3) is 0 Å². The second kappa shape index (κ2) is 2.61. The van der Waals surface area contributed by atoms with E-state index in [1.54, 1.807) is 0 Å². The first-order valence-corrected chi connectivity index (χ1v) is 5.32.